The number of carbonyl (C=O) groups excluding carboxylic acids is 1. The number of hydrogen-bond acceptors (Lipinski definition) is 5. The van der Waals surface area contributed by atoms with Gasteiger partial charge in [0.1, 0.15) is 10.9 Å². The molecule has 0 spiro atoms. The van der Waals surface area contributed by atoms with Crippen molar-refractivity contribution in [2.45, 2.75) is 20.0 Å². The minimum absolute atomic E-state index is 0.0905. The molecule has 2 aromatic carbocycles. The second-order valence-electron chi connectivity index (χ2n) is 6.59. The van der Waals surface area contributed by atoms with Crippen LogP contribution in [0.15, 0.2) is 54.0 Å². The van der Waals surface area contributed by atoms with Gasteiger partial charge in [0.05, 0.1) is 11.5 Å². The minimum atomic E-state index is -0.0905. The third kappa shape index (κ3) is 5.44. The molecular weight excluding hydrogens is 529 g/mol. The minimum Gasteiger partial charge on any atom is -0.490 e. The quantitative estimate of drug-likeness (QED) is 0.179. The Morgan fingerprint density at radius 3 is 2.57 bits per heavy atom. The molecule has 2 aromatic rings. The summed E-state index contributed by atoms with van der Waals surface area (Å²) >= 11 is 8.81. The van der Waals surface area contributed by atoms with Crippen LogP contribution in [0.1, 0.15) is 23.6 Å². The number of benzene rings is 2. The summed E-state index contributed by atoms with van der Waals surface area (Å²) in [4.78, 5) is 14.5. The molecule has 7 heteroatoms. The molecule has 0 radical (unpaired) electrons. The van der Waals surface area contributed by atoms with E-state index in [0.717, 1.165) is 16.7 Å². The van der Waals surface area contributed by atoms with Gasteiger partial charge in [-0.05, 0) is 77.4 Å². The summed E-state index contributed by atoms with van der Waals surface area (Å²) in [5.74, 6) is 1.27. The number of hydrogen-bond donors (Lipinski definition) is 0. The van der Waals surface area contributed by atoms with E-state index in [4.69, 9.17) is 21.7 Å². The van der Waals surface area contributed by atoms with E-state index in [1.165, 1.54) is 20.2 Å². The van der Waals surface area contributed by atoms with Gasteiger partial charge >= 0.3 is 0 Å². The molecule has 0 bridgehead atoms. The van der Waals surface area contributed by atoms with E-state index < -0.39 is 0 Å². The van der Waals surface area contributed by atoms with Gasteiger partial charge in [0.15, 0.2) is 11.5 Å². The highest BCUT2D eigenvalue weighted by molar-refractivity contribution is 14.1. The van der Waals surface area contributed by atoms with Crippen LogP contribution in [0.2, 0.25) is 0 Å². The van der Waals surface area contributed by atoms with Crippen molar-refractivity contribution in [3.8, 4) is 11.5 Å². The number of carbonyl (C=O) groups is 1. The zero-order valence-electron chi connectivity index (χ0n) is 16.8. The van der Waals surface area contributed by atoms with Crippen molar-refractivity contribution < 1.29 is 14.3 Å². The Kier molecular flexibility index (Phi) is 7.96. The van der Waals surface area contributed by atoms with Crippen LogP contribution < -0.4 is 9.47 Å². The maximum absolute atomic E-state index is 12.4. The van der Waals surface area contributed by atoms with Crippen LogP contribution in [0.5, 0.6) is 11.5 Å². The lowest BCUT2D eigenvalue weighted by Crippen LogP contribution is -2.22. The van der Waals surface area contributed by atoms with Crippen molar-refractivity contribution in [3.63, 3.8) is 0 Å². The molecule has 0 aliphatic carbocycles. The lowest BCUT2D eigenvalue weighted by Gasteiger charge is -2.17. The summed E-state index contributed by atoms with van der Waals surface area (Å²) in [6.45, 7) is 6.75. The Hall–Kier alpha value is -1.84. The first kappa shape index (κ1) is 22.8. The molecule has 1 heterocycles. The Balaban J connectivity index is 1.95. The molecule has 0 unspecified atom stereocenters. The fourth-order valence-corrected chi connectivity index (χ4v) is 4.47. The first-order valence-corrected chi connectivity index (χ1v) is 11.7. The molecule has 30 heavy (non-hydrogen) atoms. The molecule has 0 N–H and O–H groups in total. The van der Waals surface area contributed by atoms with Gasteiger partial charge in [-0.2, -0.15) is 0 Å². The molecule has 0 aromatic heterocycles. The van der Waals surface area contributed by atoms with Crippen LogP contribution >= 0.6 is 46.6 Å². The summed E-state index contributed by atoms with van der Waals surface area (Å²) < 4.78 is 13.8. The molecule has 1 aliphatic rings. The van der Waals surface area contributed by atoms with Crippen LogP contribution in [0.25, 0.3) is 6.08 Å². The molecule has 1 aliphatic heterocycles. The molecule has 3 rings (SSSR count). The Morgan fingerprint density at radius 2 is 1.97 bits per heavy atom. The number of rotatable bonds is 8. The SMILES string of the molecule is C=CCc1cc(/C=C2/SC(=S)N(C)C2=O)cc(OCC)c1OCc1ccc(I)cc1. The van der Waals surface area contributed by atoms with Crippen LogP contribution in [0, 0.1) is 3.57 Å². The average Bonchev–Trinajstić information content (AvgIpc) is 2.96. The van der Waals surface area contributed by atoms with Crippen molar-refractivity contribution in [3.05, 3.63) is 74.2 Å². The Bertz CT molecular complexity index is 1000. The second kappa shape index (κ2) is 10.5. The lowest BCUT2D eigenvalue weighted by atomic mass is 10.0. The zero-order chi connectivity index (χ0) is 21.7. The number of allylic oxidation sites excluding steroid dienone is 1. The van der Waals surface area contributed by atoms with Gasteiger partial charge in [-0.15, -0.1) is 6.58 Å². The normalized spacial score (nSPS) is 15.0. The summed E-state index contributed by atoms with van der Waals surface area (Å²) in [6.07, 6.45) is 4.30. The van der Waals surface area contributed by atoms with Gasteiger partial charge in [-0.1, -0.05) is 42.2 Å². The van der Waals surface area contributed by atoms with Gasteiger partial charge in [0, 0.05) is 16.2 Å². The lowest BCUT2D eigenvalue weighted by molar-refractivity contribution is -0.121. The number of thioether (sulfide) groups is 1. The van der Waals surface area contributed by atoms with E-state index in [9.17, 15) is 4.79 Å². The summed E-state index contributed by atoms with van der Waals surface area (Å²) in [5.41, 5.74) is 2.91. The molecule has 4 nitrogen and oxygen atoms in total. The zero-order valence-corrected chi connectivity index (χ0v) is 20.6. The van der Waals surface area contributed by atoms with Crippen LogP contribution in [-0.4, -0.2) is 28.8 Å². The van der Waals surface area contributed by atoms with Gasteiger partial charge in [0.2, 0.25) is 0 Å². The number of nitrogens with zero attached hydrogens (tertiary/aromatic N) is 1. The first-order chi connectivity index (χ1) is 14.4. The van der Waals surface area contributed by atoms with Crippen molar-refractivity contribution in [2.75, 3.05) is 13.7 Å². The molecule has 156 valence electrons. The number of halogens is 1. The number of thiocarbonyl (C=S) groups is 1. The standard InChI is InChI=1S/C23H22INO3S2/c1-4-6-17-11-16(13-20-22(26)25(3)23(29)30-20)12-19(27-5-2)21(17)28-14-15-7-9-18(24)10-8-15/h4,7-13H,1,5-6,14H2,2-3H3/b20-13+. The van der Waals surface area contributed by atoms with E-state index in [1.54, 1.807) is 7.05 Å². The fraction of sp³-hybridized carbons (Fsp3) is 0.217. The summed E-state index contributed by atoms with van der Waals surface area (Å²) in [5, 5.41) is 0. The van der Waals surface area contributed by atoms with Crippen LogP contribution in [0.3, 0.4) is 0 Å². The Labute approximate surface area is 200 Å². The average molecular weight is 551 g/mol. The van der Waals surface area contributed by atoms with Crippen molar-refractivity contribution >= 4 is 62.9 Å². The monoisotopic (exact) mass is 551 g/mol. The largest absolute Gasteiger partial charge is 0.490 e. The number of likely N-dealkylation sites (N-methyl/N-ethyl adjacent to an activating group) is 1. The predicted octanol–water partition coefficient (Wildman–Crippen LogP) is 5.83. The van der Waals surface area contributed by atoms with Gasteiger partial charge in [-0.3, -0.25) is 9.69 Å². The van der Waals surface area contributed by atoms with E-state index in [0.29, 0.717) is 40.4 Å². The van der Waals surface area contributed by atoms with E-state index in [1.807, 2.05) is 31.2 Å². The summed E-state index contributed by atoms with van der Waals surface area (Å²) in [6, 6.07) is 12.1. The van der Waals surface area contributed by atoms with Crippen LogP contribution in [0.4, 0.5) is 0 Å². The third-order valence-corrected chi connectivity index (χ3v) is 6.60. The topological polar surface area (TPSA) is 38.8 Å². The molecule has 0 atom stereocenters. The molecule has 0 saturated carbocycles. The van der Waals surface area contributed by atoms with Crippen molar-refractivity contribution in [1.82, 2.24) is 4.90 Å². The number of ether oxygens (including phenoxy) is 2. The summed E-state index contributed by atoms with van der Waals surface area (Å²) in [7, 11) is 1.69. The van der Waals surface area contributed by atoms with Crippen LogP contribution in [-0.2, 0) is 17.8 Å². The highest BCUT2D eigenvalue weighted by Gasteiger charge is 2.28. The maximum atomic E-state index is 12.4. The molecule has 1 saturated heterocycles. The van der Waals surface area contributed by atoms with E-state index >= 15 is 0 Å². The van der Waals surface area contributed by atoms with Crippen molar-refractivity contribution in [1.29, 1.82) is 0 Å². The third-order valence-electron chi connectivity index (χ3n) is 4.40. The van der Waals surface area contributed by atoms with Gasteiger partial charge in [-0.25, -0.2) is 0 Å². The van der Waals surface area contributed by atoms with Gasteiger partial charge < -0.3 is 9.47 Å². The van der Waals surface area contributed by atoms with E-state index in [2.05, 4.69) is 53.4 Å². The first-order valence-electron chi connectivity index (χ1n) is 9.42. The molecule has 1 amide bonds. The highest BCUT2D eigenvalue weighted by atomic mass is 127. The maximum Gasteiger partial charge on any atom is 0.265 e. The molecule has 1 fully saturated rings. The molecular formula is C23H22INO3S2. The predicted molar refractivity (Wildman–Crippen MR) is 136 cm³/mol. The fourth-order valence-electron chi connectivity index (χ4n) is 2.93. The number of amides is 1. The van der Waals surface area contributed by atoms with Gasteiger partial charge in [0.25, 0.3) is 5.91 Å². The second-order valence-corrected chi connectivity index (χ2v) is 9.51. The van der Waals surface area contributed by atoms with E-state index in [-0.39, 0.29) is 5.91 Å². The highest BCUT2D eigenvalue weighted by Crippen LogP contribution is 2.37. The smallest absolute Gasteiger partial charge is 0.265 e. The Morgan fingerprint density at radius 1 is 1.23 bits per heavy atom. The van der Waals surface area contributed by atoms with Crippen molar-refractivity contribution in [2.24, 2.45) is 0 Å².